The summed E-state index contributed by atoms with van der Waals surface area (Å²) >= 11 is 1.77. The number of nitrogens with zero attached hydrogens (tertiary/aromatic N) is 1. The minimum atomic E-state index is -0.165. The monoisotopic (exact) mass is 326 g/mol. The van der Waals surface area contributed by atoms with E-state index >= 15 is 0 Å². The van der Waals surface area contributed by atoms with E-state index in [1.807, 2.05) is 12.1 Å². The summed E-state index contributed by atoms with van der Waals surface area (Å²) in [5, 5.41) is 6.92. The van der Waals surface area contributed by atoms with Gasteiger partial charge in [0.25, 0.3) is 0 Å². The molecule has 0 bridgehead atoms. The van der Waals surface area contributed by atoms with Gasteiger partial charge in [0.15, 0.2) is 0 Å². The number of benzene rings is 2. The van der Waals surface area contributed by atoms with Gasteiger partial charge in [0, 0.05) is 30.9 Å². The van der Waals surface area contributed by atoms with Crippen molar-refractivity contribution in [3.63, 3.8) is 0 Å². The summed E-state index contributed by atoms with van der Waals surface area (Å²) < 4.78 is 15.1. The molecule has 1 aromatic heterocycles. The van der Waals surface area contributed by atoms with Crippen LogP contribution in [-0.2, 0) is 0 Å². The van der Waals surface area contributed by atoms with Crippen LogP contribution in [0.1, 0.15) is 17.2 Å². The molecule has 23 heavy (non-hydrogen) atoms. The molecule has 4 heteroatoms. The van der Waals surface area contributed by atoms with Gasteiger partial charge in [0.1, 0.15) is 5.82 Å². The Morgan fingerprint density at radius 1 is 1.04 bits per heavy atom. The van der Waals surface area contributed by atoms with E-state index < -0.39 is 0 Å². The van der Waals surface area contributed by atoms with Crippen molar-refractivity contribution in [3.8, 4) is 0 Å². The quantitative estimate of drug-likeness (QED) is 0.781. The summed E-state index contributed by atoms with van der Waals surface area (Å²) in [5.41, 5.74) is 2.33. The van der Waals surface area contributed by atoms with Crippen LogP contribution in [0.4, 0.5) is 4.39 Å². The van der Waals surface area contributed by atoms with Gasteiger partial charge >= 0.3 is 0 Å². The zero-order chi connectivity index (χ0) is 15.6. The number of halogens is 1. The van der Waals surface area contributed by atoms with Crippen molar-refractivity contribution in [1.29, 1.82) is 0 Å². The fraction of sp³-hybridized carbons (Fsp3) is 0.263. The Hall–Kier alpha value is -1.75. The normalized spacial score (nSPS) is 17.4. The average molecular weight is 326 g/mol. The molecule has 1 aliphatic rings. The Morgan fingerprint density at radius 2 is 1.87 bits per heavy atom. The molecule has 118 valence electrons. The molecule has 0 aliphatic carbocycles. The third-order valence-corrected chi connectivity index (χ3v) is 5.47. The first-order valence-corrected chi connectivity index (χ1v) is 8.87. The minimum Gasteiger partial charge on any atom is -0.314 e. The molecule has 3 aromatic rings. The van der Waals surface area contributed by atoms with Gasteiger partial charge in [-0.1, -0.05) is 30.3 Å². The highest BCUT2D eigenvalue weighted by molar-refractivity contribution is 7.17. The number of rotatable bonds is 3. The maximum atomic E-state index is 13.8. The fourth-order valence-corrected chi connectivity index (χ4v) is 4.39. The van der Waals surface area contributed by atoms with Crippen LogP contribution in [0, 0.1) is 5.82 Å². The molecule has 0 spiro atoms. The molecule has 0 amide bonds. The Balaban J connectivity index is 1.84. The van der Waals surface area contributed by atoms with E-state index in [9.17, 15) is 4.39 Å². The summed E-state index contributed by atoms with van der Waals surface area (Å²) in [7, 11) is 0. The molecule has 1 aliphatic heterocycles. The SMILES string of the molecule is Fc1cccc(C(c2csc3ccccc23)N2CCNCC2)c1. The van der Waals surface area contributed by atoms with Gasteiger partial charge < -0.3 is 5.32 Å². The van der Waals surface area contributed by atoms with E-state index in [0.717, 1.165) is 31.7 Å². The second-order valence-electron chi connectivity index (χ2n) is 5.93. The largest absolute Gasteiger partial charge is 0.314 e. The molecular formula is C19H19FN2S. The molecule has 1 unspecified atom stereocenters. The lowest BCUT2D eigenvalue weighted by atomic mass is 9.96. The predicted octanol–water partition coefficient (Wildman–Crippen LogP) is 4.04. The molecule has 2 aromatic carbocycles. The second-order valence-corrected chi connectivity index (χ2v) is 6.84. The van der Waals surface area contributed by atoms with Crippen molar-refractivity contribution >= 4 is 21.4 Å². The summed E-state index contributed by atoms with van der Waals surface area (Å²) in [4.78, 5) is 2.46. The molecule has 0 saturated carbocycles. The molecule has 1 saturated heterocycles. The Bertz CT molecular complexity index is 808. The first-order chi connectivity index (χ1) is 11.3. The van der Waals surface area contributed by atoms with Crippen LogP contribution in [0.3, 0.4) is 0 Å². The zero-order valence-electron chi connectivity index (χ0n) is 12.8. The number of fused-ring (bicyclic) bond motifs is 1. The van der Waals surface area contributed by atoms with Crippen LogP contribution in [0.25, 0.3) is 10.1 Å². The van der Waals surface area contributed by atoms with E-state index in [1.165, 1.54) is 21.7 Å². The number of hydrogen-bond donors (Lipinski definition) is 1. The summed E-state index contributed by atoms with van der Waals surface area (Å²) in [6.45, 7) is 3.92. The van der Waals surface area contributed by atoms with Crippen LogP contribution in [-0.4, -0.2) is 31.1 Å². The maximum Gasteiger partial charge on any atom is 0.123 e. The molecule has 1 atom stereocenters. The van der Waals surface area contributed by atoms with Gasteiger partial charge in [-0.15, -0.1) is 11.3 Å². The van der Waals surface area contributed by atoms with Crippen LogP contribution in [0.2, 0.25) is 0 Å². The number of piperazine rings is 1. The fourth-order valence-electron chi connectivity index (χ4n) is 3.41. The first-order valence-electron chi connectivity index (χ1n) is 7.99. The minimum absolute atomic E-state index is 0.115. The number of hydrogen-bond acceptors (Lipinski definition) is 3. The predicted molar refractivity (Wildman–Crippen MR) is 94.5 cm³/mol. The van der Waals surface area contributed by atoms with Gasteiger partial charge in [-0.3, -0.25) is 4.90 Å². The van der Waals surface area contributed by atoms with Crippen LogP contribution in [0.15, 0.2) is 53.9 Å². The molecule has 1 N–H and O–H groups in total. The standard InChI is InChI=1S/C19H19FN2S/c20-15-5-3-4-14(12-15)19(22-10-8-21-9-11-22)17-13-23-18-7-2-1-6-16(17)18/h1-7,12-13,19,21H,8-11H2. The van der Waals surface area contributed by atoms with Crippen molar-refractivity contribution < 1.29 is 4.39 Å². The van der Waals surface area contributed by atoms with Crippen molar-refractivity contribution in [2.75, 3.05) is 26.2 Å². The van der Waals surface area contributed by atoms with Crippen molar-refractivity contribution in [2.24, 2.45) is 0 Å². The Labute approximate surface area is 139 Å². The molecule has 0 radical (unpaired) electrons. The van der Waals surface area contributed by atoms with Gasteiger partial charge in [-0.25, -0.2) is 4.39 Å². The van der Waals surface area contributed by atoms with Crippen LogP contribution in [0.5, 0.6) is 0 Å². The highest BCUT2D eigenvalue weighted by atomic mass is 32.1. The third-order valence-electron chi connectivity index (χ3n) is 4.49. The molecule has 2 heterocycles. The van der Waals surface area contributed by atoms with E-state index in [2.05, 4.69) is 39.9 Å². The van der Waals surface area contributed by atoms with Gasteiger partial charge in [-0.05, 0) is 40.1 Å². The highest BCUT2D eigenvalue weighted by Gasteiger charge is 2.26. The van der Waals surface area contributed by atoms with Crippen LogP contribution < -0.4 is 5.32 Å². The van der Waals surface area contributed by atoms with E-state index in [1.54, 1.807) is 17.4 Å². The lowest BCUT2D eigenvalue weighted by Gasteiger charge is -2.35. The average Bonchev–Trinajstić information content (AvgIpc) is 3.00. The smallest absolute Gasteiger partial charge is 0.123 e. The molecular weight excluding hydrogens is 307 g/mol. The van der Waals surface area contributed by atoms with E-state index in [4.69, 9.17) is 0 Å². The molecule has 2 nitrogen and oxygen atoms in total. The zero-order valence-corrected chi connectivity index (χ0v) is 13.7. The maximum absolute atomic E-state index is 13.8. The van der Waals surface area contributed by atoms with Crippen molar-refractivity contribution in [2.45, 2.75) is 6.04 Å². The number of nitrogens with one attached hydrogen (secondary N) is 1. The lowest BCUT2D eigenvalue weighted by molar-refractivity contribution is 0.199. The lowest BCUT2D eigenvalue weighted by Crippen LogP contribution is -2.45. The summed E-state index contributed by atoms with van der Waals surface area (Å²) in [5.74, 6) is -0.165. The van der Waals surface area contributed by atoms with Crippen LogP contribution >= 0.6 is 11.3 Å². The first kappa shape index (κ1) is 14.8. The Morgan fingerprint density at radius 3 is 2.70 bits per heavy atom. The van der Waals surface area contributed by atoms with Gasteiger partial charge in [-0.2, -0.15) is 0 Å². The second kappa shape index (κ2) is 6.40. The summed E-state index contributed by atoms with van der Waals surface area (Å²) in [6, 6.07) is 15.7. The topological polar surface area (TPSA) is 15.3 Å². The van der Waals surface area contributed by atoms with Gasteiger partial charge in [0.05, 0.1) is 6.04 Å². The Kier molecular flexibility index (Phi) is 4.12. The summed E-state index contributed by atoms with van der Waals surface area (Å²) in [6.07, 6.45) is 0. The molecule has 4 rings (SSSR count). The van der Waals surface area contributed by atoms with E-state index in [-0.39, 0.29) is 11.9 Å². The number of thiophene rings is 1. The highest BCUT2D eigenvalue weighted by Crippen LogP contribution is 2.37. The molecule has 1 fully saturated rings. The van der Waals surface area contributed by atoms with Crippen molar-refractivity contribution in [1.82, 2.24) is 10.2 Å². The third kappa shape index (κ3) is 2.90. The van der Waals surface area contributed by atoms with Crippen molar-refractivity contribution in [3.05, 3.63) is 70.9 Å². The van der Waals surface area contributed by atoms with Gasteiger partial charge in [0.2, 0.25) is 0 Å². The van der Waals surface area contributed by atoms with E-state index in [0.29, 0.717) is 0 Å².